The van der Waals surface area contributed by atoms with Gasteiger partial charge in [-0.1, -0.05) is 48.0 Å². The van der Waals surface area contributed by atoms with Crippen molar-refractivity contribution in [3.05, 3.63) is 34.3 Å². The van der Waals surface area contributed by atoms with Crippen LogP contribution >= 0.6 is 15.9 Å². The van der Waals surface area contributed by atoms with Crippen LogP contribution in [-0.4, -0.2) is 23.9 Å². The van der Waals surface area contributed by atoms with E-state index in [0.29, 0.717) is 18.9 Å². The van der Waals surface area contributed by atoms with Crippen LogP contribution in [0.5, 0.6) is 0 Å². The van der Waals surface area contributed by atoms with Gasteiger partial charge in [0.2, 0.25) is 0 Å². The second-order valence-electron chi connectivity index (χ2n) is 4.53. The number of benzene rings is 1. The zero-order valence-corrected chi connectivity index (χ0v) is 12.3. The number of hydrogen-bond donors (Lipinski definition) is 1. The van der Waals surface area contributed by atoms with E-state index in [2.05, 4.69) is 29.8 Å². The molecule has 0 saturated heterocycles. The van der Waals surface area contributed by atoms with Crippen molar-refractivity contribution >= 4 is 15.9 Å². The summed E-state index contributed by atoms with van der Waals surface area (Å²) in [6, 6.07) is 7.98. The van der Waals surface area contributed by atoms with E-state index < -0.39 is 6.10 Å². The standard InChI is InChI=1S/C14H21BrO2/c1-4-17-14(10(2)3)13(16)9-11-7-5-6-8-12(11)15/h5-8,10,13-14,16H,4,9H2,1-3H3. The fraction of sp³-hybridized carbons (Fsp3) is 0.571. The van der Waals surface area contributed by atoms with Crippen LogP contribution in [0, 0.1) is 5.92 Å². The Balaban J connectivity index is 2.69. The number of rotatable bonds is 6. The van der Waals surface area contributed by atoms with Crippen LogP contribution in [-0.2, 0) is 11.2 Å². The zero-order chi connectivity index (χ0) is 12.8. The van der Waals surface area contributed by atoms with Gasteiger partial charge in [-0.25, -0.2) is 0 Å². The van der Waals surface area contributed by atoms with Crippen molar-refractivity contribution < 1.29 is 9.84 Å². The van der Waals surface area contributed by atoms with Gasteiger partial charge in [-0.2, -0.15) is 0 Å². The van der Waals surface area contributed by atoms with Crippen molar-refractivity contribution in [2.24, 2.45) is 5.92 Å². The molecule has 0 amide bonds. The van der Waals surface area contributed by atoms with E-state index in [0.717, 1.165) is 10.0 Å². The molecule has 0 fully saturated rings. The van der Waals surface area contributed by atoms with Gasteiger partial charge in [0.15, 0.2) is 0 Å². The van der Waals surface area contributed by atoms with E-state index in [9.17, 15) is 5.11 Å². The summed E-state index contributed by atoms with van der Waals surface area (Å²) in [6.45, 7) is 6.74. The second-order valence-corrected chi connectivity index (χ2v) is 5.38. The van der Waals surface area contributed by atoms with E-state index in [4.69, 9.17) is 4.74 Å². The van der Waals surface area contributed by atoms with Crippen LogP contribution in [0.25, 0.3) is 0 Å². The molecule has 96 valence electrons. The molecule has 0 spiro atoms. The van der Waals surface area contributed by atoms with E-state index >= 15 is 0 Å². The summed E-state index contributed by atoms with van der Waals surface area (Å²) in [7, 11) is 0. The molecule has 0 aliphatic rings. The number of aliphatic hydroxyl groups is 1. The number of halogens is 1. The minimum absolute atomic E-state index is 0.105. The van der Waals surface area contributed by atoms with Gasteiger partial charge in [-0.15, -0.1) is 0 Å². The Labute approximate surface area is 112 Å². The predicted octanol–water partition coefficient (Wildman–Crippen LogP) is 3.41. The molecular weight excluding hydrogens is 280 g/mol. The predicted molar refractivity (Wildman–Crippen MR) is 74.1 cm³/mol. The van der Waals surface area contributed by atoms with Gasteiger partial charge in [0.05, 0.1) is 12.2 Å². The number of hydrogen-bond acceptors (Lipinski definition) is 2. The highest BCUT2D eigenvalue weighted by atomic mass is 79.9. The van der Waals surface area contributed by atoms with E-state index in [1.54, 1.807) is 0 Å². The van der Waals surface area contributed by atoms with Crippen molar-refractivity contribution in [1.82, 2.24) is 0 Å². The van der Waals surface area contributed by atoms with Gasteiger partial charge in [0, 0.05) is 17.5 Å². The molecule has 0 heterocycles. The molecule has 3 heteroatoms. The topological polar surface area (TPSA) is 29.5 Å². The van der Waals surface area contributed by atoms with Crippen molar-refractivity contribution in [1.29, 1.82) is 0 Å². The van der Waals surface area contributed by atoms with Crippen LogP contribution in [0.3, 0.4) is 0 Å². The molecule has 2 atom stereocenters. The summed E-state index contributed by atoms with van der Waals surface area (Å²) in [5, 5.41) is 10.2. The summed E-state index contributed by atoms with van der Waals surface area (Å²) in [4.78, 5) is 0. The lowest BCUT2D eigenvalue weighted by atomic mass is 9.96. The molecule has 0 aromatic heterocycles. The van der Waals surface area contributed by atoms with Crippen LogP contribution in [0.4, 0.5) is 0 Å². The number of aliphatic hydroxyl groups excluding tert-OH is 1. The lowest BCUT2D eigenvalue weighted by Crippen LogP contribution is -2.35. The van der Waals surface area contributed by atoms with Crippen LogP contribution in [0.15, 0.2) is 28.7 Å². The largest absolute Gasteiger partial charge is 0.390 e. The van der Waals surface area contributed by atoms with Gasteiger partial charge in [-0.05, 0) is 24.5 Å². The number of ether oxygens (including phenoxy) is 1. The van der Waals surface area contributed by atoms with E-state index in [1.165, 1.54) is 0 Å². The minimum atomic E-state index is -0.464. The Bertz CT molecular complexity index is 339. The average molecular weight is 301 g/mol. The van der Waals surface area contributed by atoms with E-state index in [1.807, 2.05) is 31.2 Å². The smallest absolute Gasteiger partial charge is 0.0859 e. The highest BCUT2D eigenvalue weighted by Gasteiger charge is 2.23. The molecule has 1 aromatic rings. The van der Waals surface area contributed by atoms with Crippen LogP contribution in [0.2, 0.25) is 0 Å². The molecule has 2 unspecified atom stereocenters. The molecule has 1 aromatic carbocycles. The quantitative estimate of drug-likeness (QED) is 0.872. The summed E-state index contributed by atoms with van der Waals surface area (Å²) >= 11 is 3.50. The Morgan fingerprint density at radius 1 is 1.29 bits per heavy atom. The fourth-order valence-electron chi connectivity index (χ4n) is 1.95. The highest BCUT2D eigenvalue weighted by Crippen LogP contribution is 2.21. The molecule has 1 rings (SSSR count). The van der Waals surface area contributed by atoms with Gasteiger partial charge < -0.3 is 9.84 Å². The Kier molecular flexibility index (Phi) is 6.17. The molecule has 0 radical (unpaired) electrons. The molecule has 17 heavy (non-hydrogen) atoms. The first-order chi connectivity index (χ1) is 8.06. The van der Waals surface area contributed by atoms with Crippen molar-refractivity contribution in [2.45, 2.75) is 39.4 Å². The summed E-state index contributed by atoms with van der Waals surface area (Å²) in [5.41, 5.74) is 1.12. The maximum absolute atomic E-state index is 10.2. The van der Waals surface area contributed by atoms with Crippen molar-refractivity contribution in [2.75, 3.05) is 6.61 Å². The molecule has 1 N–H and O–H groups in total. The van der Waals surface area contributed by atoms with Crippen LogP contribution in [0.1, 0.15) is 26.3 Å². The lowest BCUT2D eigenvalue weighted by molar-refractivity contribution is -0.0562. The van der Waals surface area contributed by atoms with Gasteiger partial charge in [-0.3, -0.25) is 0 Å². The third-order valence-electron chi connectivity index (χ3n) is 2.78. The minimum Gasteiger partial charge on any atom is -0.390 e. The fourth-order valence-corrected chi connectivity index (χ4v) is 2.39. The van der Waals surface area contributed by atoms with Crippen molar-refractivity contribution in [3.8, 4) is 0 Å². The SMILES string of the molecule is CCOC(C(C)C)C(O)Cc1ccccc1Br. The molecule has 0 aliphatic carbocycles. The molecular formula is C14H21BrO2. The summed E-state index contributed by atoms with van der Waals surface area (Å²) < 4.78 is 6.65. The second kappa shape index (κ2) is 7.14. The monoisotopic (exact) mass is 300 g/mol. The first kappa shape index (κ1) is 14.7. The Morgan fingerprint density at radius 3 is 2.47 bits per heavy atom. The molecule has 0 aliphatic heterocycles. The third-order valence-corrected chi connectivity index (χ3v) is 3.56. The lowest BCUT2D eigenvalue weighted by Gasteiger charge is -2.26. The molecule has 2 nitrogen and oxygen atoms in total. The van der Waals surface area contributed by atoms with Gasteiger partial charge >= 0.3 is 0 Å². The van der Waals surface area contributed by atoms with Crippen LogP contribution < -0.4 is 0 Å². The zero-order valence-electron chi connectivity index (χ0n) is 10.7. The Morgan fingerprint density at radius 2 is 1.94 bits per heavy atom. The van der Waals surface area contributed by atoms with Gasteiger partial charge in [0.1, 0.15) is 0 Å². The van der Waals surface area contributed by atoms with Crippen molar-refractivity contribution in [3.63, 3.8) is 0 Å². The first-order valence-electron chi connectivity index (χ1n) is 6.09. The highest BCUT2D eigenvalue weighted by molar-refractivity contribution is 9.10. The Hall–Kier alpha value is -0.380. The van der Waals surface area contributed by atoms with E-state index in [-0.39, 0.29) is 6.10 Å². The molecule has 0 saturated carbocycles. The normalized spacial score (nSPS) is 14.9. The maximum atomic E-state index is 10.2. The molecule has 0 bridgehead atoms. The average Bonchev–Trinajstić information content (AvgIpc) is 2.28. The summed E-state index contributed by atoms with van der Waals surface area (Å²) in [6.07, 6.45) is 0.0466. The maximum Gasteiger partial charge on any atom is 0.0859 e. The first-order valence-corrected chi connectivity index (χ1v) is 6.88. The summed E-state index contributed by atoms with van der Waals surface area (Å²) in [5.74, 6) is 0.312. The van der Waals surface area contributed by atoms with Gasteiger partial charge in [0.25, 0.3) is 0 Å². The third kappa shape index (κ3) is 4.41.